The van der Waals surface area contributed by atoms with Gasteiger partial charge in [-0.05, 0) is 6.92 Å². The van der Waals surface area contributed by atoms with Gasteiger partial charge in [-0.3, -0.25) is 9.13 Å². The maximum atomic E-state index is 11.0. The Hall–Kier alpha value is -1.66. The van der Waals surface area contributed by atoms with Gasteiger partial charge in [0.05, 0.1) is 6.33 Å². The first-order valence-corrected chi connectivity index (χ1v) is 8.57. The number of nitrogen functional groups attached to an aromatic ring is 1. The van der Waals surface area contributed by atoms with Crippen molar-refractivity contribution in [3.63, 3.8) is 0 Å². The van der Waals surface area contributed by atoms with Crippen molar-refractivity contribution in [3.05, 3.63) is 12.7 Å². The van der Waals surface area contributed by atoms with Crippen LogP contribution < -0.4 is 5.73 Å². The number of rotatable bonds is 4. The van der Waals surface area contributed by atoms with Crippen molar-refractivity contribution in [3.8, 4) is 0 Å². The van der Waals surface area contributed by atoms with Crippen LogP contribution >= 0.6 is 7.60 Å². The van der Waals surface area contributed by atoms with Gasteiger partial charge in [-0.1, -0.05) is 0 Å². The average Bonchev–Trinajstić information content (AvgIpc) is 3.02. The molecule has 1 saturated heterocycles. The fourth-order valence-electron chi connectivity index (χ4n) is 2.45. The van der Waals surface area contributed by atoms with E-state index in [1.807, 2.05) is 0 Å². The van der Waals surface area contributed by atoms with Gasteiger partial charge in [0, 0.05) is 0 Å². The summed E-state index contributed by atoms with van der Waals surface area (Å²) >= 11 is 0. The summed E-state index contributed by atoms with van der Waals surface area (Å²) < 4.78 is 22.8. The van der Waals surface area contributed by atoms with E-state index in [-0.39, 0.29) is 17.0 Å². The van der Waals surface area contributed by atoms with Gasteiger partial charge in [0.25, 0.3) is 0 Å². The highest BCUT2D eigenvalue weighted by atomic mass is 31.2. The molecule has 4 atom stereocenters. The zero-order valence-electron chi connectivity index (χ0n) is 12.4. The molecule has 3 heterocycles. The molecule has 6 N–H and O–H groups in total. The van der Waals surface area contributed by atoms with E-state index in [0.717, 1.165) is 0 Å². The Kier molecular flexibility index (Phi) is 4.08. The molecule has 2 aromatic heterocycles. The molecule has 0 bridgehead atoms. The highest BCUT2D eigenvalue weighted by molar-refractivity contribution is 7.51. The molecular formula is C11H16N5O7P. The minimum atomic E-state index is -4.48. The molecule has 0 spiro atoms. The second-order valence-electron chi connectivity index (χ2n) is 5.48. The number of nitrogens with zero attached hydrogens (tertiary/aromatic N) is 4. The number of aromatic nitrogens is 4. The van der Waals surface area contributed by atoms with Crippen LogP contribution in [0.1, 0.15) is 13.2 Å². The molecule has 132 valence electrons. The van der Waals surface area contributed by atoms with E-state index in [9.17, 15) is 14.8 Å². The fraction of sp³-hybridized carbons (Fsp3) is 0.545. The van der Waals surface area contributed by atoms with Crippen LogP contribution in [0, 0.1) is 0 Å². The summed E-state index contributed by atoms with van der Waals surface area (Å²) in [6, 6.07) is 0. The van der Waals surface area contributed by atoms with Crippen molar-refractivity contribution in [1.82, 2.24) is 19.5 Å². The van der Waals surface area contributed by atoms with E-state index in [2.05, 4.69) is 15.0 Å². The molecule has 0 aliphatic carbocycles. The third-order valence-corrected chi connectivity index (χ3v) is 4.15. The van der Waals surface area contributed by atoms with Gasteiger partial charge in [0.1, 0.15) is 24.1 Å². The smallest absolute Gasteiger partial charge is 0.351 e. The molecule has 12 nitrogen and oxygen atoms in total. The first kappa shape index (κ1) is 17.2. The number of imidazole rings is 1. The van der Waals surface area contributed by atoms with Crippen LogP contribution in [0.25, 0.3) is 11.2 Å². The van der Waals surface area contributed by atoms with Crippen LogP contribution in [-0.4, -0.2) is 63.9 Å². The summed E-state index contributed by atoms with van der Waals surface area (Å²) in [5.41, 5.74) is 6.23. The van der Waals surface area contributed by atoms with Crippen molar-refractivity contribution < 1.29 is 34.0 Å². The number of fused-ring (bicyclic) bond motifs is 1. The molecule has 3 rings (SSSR count). The zero-order chi connectivity index (χ0) is 17.7. The Morgan fingerprint density at radius 1 is 1.42 bits per heavy atom. The Morgan fingerprint density at radius 2 is 2.12 bits per heavy atom. The molecule has 24 heavy (non-hydrogen) atoms. The molecule has 1 aliphatic heterocycles. The number of aliphatic hydroxyl groups is 2. The highest BCUT2D eigenvalue weighted by Crippen LogP contribution is 2.43. The summed E-state index contributed by atoms with van der Waals surface area (Å²) in [5.74, 6) is -1.70. The van der Waals surface area contributed by atoms with Crippen LogP contribution in [0.3, 0.4) is 0 Å². The van der Waals surface area contributed by atoms with E-state index in [0.29, 0.717) is 0 Å². The monoisotopic (exact) mass is 361 g/mol. The van der Waals surface area contributed by atoms with Gasteiger partial charge < -0.3 is 35.2 Å². The van der Waals surface area contributed by atoms with Crippen molar-refractivity contribution in [2.45, 2.75) is 31.1 Å². The van der Waals surface area contributed by atoms with Crippen molar-refractivity contribution in [2.24, 2.45) is 0 Å². The second-order valence-corrected chi connectivity index (χ2v) is 7.07. The molecule has 2 aromatic rings. The normalized spacial score (nSPS) is 31.0. The number of nitrogens with two attached hydrogens (primary N) is 1. The first-order valence-electron chi connectivity index (χ1n) is 6.78. The minimum absolute atomic E-state index is 0.132. The van der Waals surface area contributed by atoms with Crippen LogP contribution in [0.2, 0.25) is 0 Å². The van der Waals surface area contributed by atoms with Gasteiger partial charge in [0.15, 0.2) is 29.8 Å². The van der Waals surface area contributed by atoms with E-state index in [1.54, 1.807) is 0 Å². The largest absolute Gasteiger partial charge is 0.385 e. The number of aliphatic hydroxyl groups excluding tert-OH is 2. The standard InChI is InChI=1S/C11H16N5O7P/c1-11(22-4-24(19,20)21)7(18)6(17)10(23-11)16-3-15-5-8(12)13-2-14-9(5)16/h2-3,6-7,10,17-18H,4H2,1H3,(H2,12,13,14)(H2,19,20,21)/t6-,7+,10-,11+/m1/s1. The lowest BCUT2D eigenvalue weighted by Gasteiger charge is -2.27. The maximum absolute atomic E-state index is 11.0. The molecule has 1 fully saturated rings. The van der Waals surface area contributed by atoms with Gasteiger partial charge in [0.2, 0.25) is 0 Å². The summed E-state index contributed by atoms with van der Waals surface area (Å²) in [6.45, 7) is 1.26. The van der Waals surface area contributed by atoms with Gasteiger partial charge in [-0.25, -0.2) is 15.0 Å². The fourth-order valence-corrected chi connectivity index (χ4v) is 2.88. The molecule has 0 amide bonds. The lowest BCUT2D eigenvalue weighted by Crippen LogP contribution is -2.43. The summed E-state index contributed by atoms with van der Waals surface area (Å²) in [6.07, 6.45) is -2.64. The number of hydrogen-bond donors (Lipinski definition) is 5. The summed E-state index contributed by atoms with van der Waals surface area (Å²) in [7, 11) is -4.48. The van der Waals surface area contributed by atoms with Crippen molar-refractivity contribution in [2.75, 3.05) is 12.1 Å². The molecular weight excluding hydrogens is 345 g/mol. The molecule has 0 saturated carbocycles. The number of anilines is 1. The average molecular weight is 361 g/mol. The zero-order valence-corrected chi connectivity index (χ0v) is 13.3. The molecule has 13 heteroatoms. The molecule has 0 unspecified atom stereocenters. The molecule has 0 radical (unpaired) electrons. The number of ether oxygens (including phenoxy) is 2. The van der Waals surface area contributed by atoms with E-state index >= 15 is 0 Å². The SMILES string of the molecule is C[C@]1(OCP(=O)(O)O)O[C@@H](n2cnc3c(N)ncnc32)[C@H](O)[C@@H]1O. The Labute approximate surface area is 135 Å². The quantitative estimate of drug-likeness (QED) is 0.400. The Balaban J connectivity index is 1.92. The van der Waals surface area contributed by atoms with Gasteiger partial charge >= 0.3 is 7.60 Å². The van der Waals surface area contributed by atoms with Crippen LogP contribution in [-0.2, 0) is 14.0 Å². The summed E-state index contributed by atoms with van der Waals surface area (Å²) in [4.78, 5) is 29.6. The van der Waals surface area contributed by atoms with E-state index < -0.39 is 38.2 Å². The first-order chi connectivity index (χ1) is 11.1. The Bertz CT molecular complexity index is 809. The molecule has 0 aromatic carbocycles. The van der Waals surface area contributed by atoms with Crippen molar-refractivity contribution >= 4 is 24.6 Å². The highest BCUT2D eigenvalue weighted by Gasteiger charge is 2.54. The Morgan fingerprint density at radius 3 is 2.79 bits per heavy atom. The van der Waals surface area contributed by atoms with Crippen LogP contribution in [0.5, 0.6) is 0 Å². The van der Waals surface area contributed by atoms with Crippen LogP contribution in [0.4, 0.5) is 5.82 Å². The third kappa shape index (κ3) is 2.89. The lowest BCUT2D eigenvalue weighted by molar-refractivity contribution is -0.247. The summed E-state index contributed by atoms with van der Waals surface area (Å²) in [5, 5.41) is 20.4. The molecule has 1 aliphatic rings. The minimum Gasteiger partial charge on any atom is -0.385 e. The predicted molar refractivity (Wildman–Crippen MR) is 78.3 cm³/mol. The topological polar surface area (TPSA) is 186 Å². The van der Waals surface area contributed by atoms with E-state index in [4.69, 9.17) is 25.0 Å². The third-order valence-electron chi connectivity index (χ3n) is 3.69. The second kappa shape index (κ2) is 5.70. The van der Waals surface area contributed by atoms with E-state index in [1.165, 1.54) is 24.1 Å². The number of hydrogen-bond acceptors (Lipinski definition) is 9. The van der Waals surface area contributed by atoms with Crippen LogP contribution in [0.15, 0.2) is 12.7 Å². The maximum Gasteiger partial charge on any atom is 0.351 e. The predicted octanol–water partition coefficient (Wildman–Crippen LogP) is -1.47. The van der Waals surface area contributed by atoms with Gasteiger partial charge in [-0.15, -0.1) is 0 Å². The lowest BCUT2D eigenvalue weighted by atomic mass is 10.1. The van der Waals surface area contributed by atoms with Crippen molar-refractivity contribution in [1.29, 1.82) is 0 Å². The van der Waals surface area contributed by atoms with Gasteiger partial charge in [-0.2, -0.15) is 0 Å².